The Labute approximate surface area is 205 Å². The third kappa shape index (κ3) is 5.24. The Kier molecular flexibility index (Phi) is 6.72. The molecule has 2 aliphatic rings. The highest BCUT2D eigenvalue weighted by atomic mass is 35.5. The Bertz CT molecular complexity index is 1220. The van der Waals surface area contributed by atoms with E-state index in [0.29, 0.717) is 47.8 Å². The summed E-state index contributed by atoms with van der Waals surface area (Å²) >= 11 is 0. The van der Waals surface area contributed by atoms with Crippen molar-refractivity contribution < 1.29 is 22.4 Å². The first-order valence-corrected chi connectivity index (χ1v) is 11.0. The van der Waals surface area contributed by atoms with E-state index in [9.17, 15) is 18.0 Å². The minimum atomic E-state index is -4.49. The second-order valence-corrected chi connectivity index (χ2v) is 8.90. The molecule has 3 aromatic rings. The predicted octanol–water partition coefficient (Wildman–Crippen LogP) is 4.55. The number of hydrogen-bond donors (Lipinski definition) is 1. The van der Waals surface area contributed by atoms with Gasteiger partial charge in [-0.25, -0.2) is 19.9 Å². The number of halogens is 4. The molecule has 5 rings (SSSR count). The molecular weight excluding hydrogens is 485 g/mol. The summed E-state index contributed by atoms with van der Waals surface area (Å²) in [5, 5.41) is 2.99. The molecule has 35 heavy (non-hydrogen) atoms. The third-order valence-electron chi connectivity index (χ3n) is 6.34. The summed E-state index contributed by atoms with van der Waals surface area (Å²) in [5.74, 6) is 1.83. The third-order valence-corrected chi connectivity index (χ3v) is 6.34. The van der Waals surface area contributed by atoms with Crippen molar-refractivity contribution in [3.63, 3.8) is 0 Å². The number of likely N-dealkylation sites (tertiary alicyclic amines) is 1. The summed E-state index contributed by atoms with van der Waals surface area (Å²) in [6, 6.07) is 3.41. The van der Waals surface area contributed by atoms with Crippen molar-refractivity contribution >= 4 is 24.3 Å². The Balaban J connectivity index is 0.00000289. The first-order chi connectivity index (χ1) is 16.2. The summed E-state index contributed by atoms with van der Waals surface area (Å²) < 4.78 is 44.0. The number of fused-ring (bicyclic) bond motifs is 1. The SMILES string of the molecule is Cc1ccc(-c2ncc(C)o2)c(C(=O)N2C[C@@H]3C[C@@H]3C[C@H]2CNc2ncc(C(F)(F)F)cn2)n1.Cl. The zero-order valence-electron chi connectivity index (χ0n) is 19.0. The number of rotatable bonds is 5. The second-order valence-electron chi connectivity index (χ2n) is 8.90. The van der Waals surface area contributed by atoms with Gasteiger partial charge >= 0.3 is 6.18 Å². The average Bonchev–Trinajstić information content (AvgIpc) is 3.44. The molecule has 1 saturated heterocycles. The van der Waals surface area contributed by atoms with Crippen LogP contribution in [-0.2, 0) is 6.18 Å². The van der Waals surface area contributed by atoms with Crippen LogP contribution in [0, 0.1) is 25.7 Å². The maximum Gasteiger partial charge on any atom is 0.419 e. The summed E-state index contributed by atoms with van der Waals surface area (Å²) in [6.07, 6.45) is 0.448. The Morgan fingerprint density at radius 3 is 2.51 bits per heavy atom. The van der Waals surface area contributed by atoms with Gasteiger partial charge in [-0.2, -0.15) is 13.2 Å². The van der Waals surface area contributed by atoms with E-state index in [1.165, 1.54) is 0 Å². The van der Waals surface area contributed by atoms with Crippen LogP contribution in [-0.4, -0.2) is 49.9 Å². The topological polar surface area (TPSA) is 97.0 Å². The maximum atomic E-state index is 13.7. The number of amides is 1. The molecule has 3 aromatic heterocycles. The molecule has 1 saturated carbocycles. The Hall–Kier alpha value is -3.21. The van der Waals surface area contributed by atoms with Gasteiger partial charge in [-0.15, -0.1) is 12.4 Å². The Morgan fingerprint density at radius 1 is 1.11 bits per heavy atom. The normalized spacial score (nSPS) is 21.2. The maximum absolute atomic E-state index is 13.7. The monoisotopic (exact) mass is 508 g/mol. The number of anilines is 1. The summed E-state index contributed by atoms with van der Waals surface area (Å²) in [7, 11) is 0. The van der Waals surface area contributed by atoms with Crippen molar-refractivity contribution in [3.05, 3.63) is 53.4 Å². The highest BCUT2D eigenvalue weighted by Crippen LogP contribution is 2.47. The number of aryl methyl sites for hydroxylation is 2. The van der Waals surface area contributed by atoms with E-state index in [2.05, 4.69) is 25.3 Å². The molecule has 4 heterocycles. The van der Waals surface area contributed by atoms with Crippen LogP contribution in [0.15, 0.2) is 35.1 Å². The van der Waals surface area contributed by atoms with Crippen molar-refractivity contribution in [1.29, 1.82) is 0 Å². The van der Waals surface area contributed by atoms with Crippen LogP contribution in [0.3, 0.4) is 0 Å². The lowest BCUT2D eigenvalue weighted by atomic mass is 10.0. The molecule has 3 atom stereocenters. The number of nitrogens with zero attached hydrogens (tertiary/aromatic N) is 5. The van der Waals surface area contributed by atoms with Gasteiger partial charge < -0.3 is 14.6 Å². The van der Waals surface area contributed by atoms with Crippen molar-refractivity contribution in [2.45, 2.75) is 38.9 Å². The van der Waals surface area contributed by atoms with Gasteiger partial charge in [0.15, 0.2) is 0 Å². The predicted molar refractivity (Wildman–Crippen MR) is 123 cm³/mol. The van der Waals surface area contributed by atoms with E-state index in [-0.39, 0.29) is 36.0 Å². The van der Waals surface area contributed by atoms with Gasteiger partial charge in [0, 0.05) is 37.2 Å². The molecule has 0 radical (unpaired) electrons. The molecule has 2 fully saturated rings. The van der Waals surface area contributed by atoms with E-state index in [4.69, 9.17) is 4.42 Å². The van der Waals surface area contributed by atoms with E-state index in [0.717, 1.165) is 25.2 Å². The van der Waals surface area contributed by atoms with Gasteiger partial charge in [0.25, 0.3) is 5.91 Å². The number of pyridine rings is 1. The number of carbonyl (C=O) groups is 1. The van der Waals surface area contributed by atoms with E-state index < -0.39 is 11.7 Å². The van der Waals surface area contributed by atoms with Gasteiger partial charge in [-0.1, -0.05) is 0 Å². The average molecular weight is 509 g/mol. The molecule has 0 spiro atoms. The standard InChI is InChI=1S/C23H23F3N6O2.ClH/c1-12-3-4-18(20-27-7-13(2)34-20)19(31-12)21(33)32-11-15-5-14(15)6-17(32)10-30-22-28-8-16(9-29-22)23(24,25)26;/h3-4,7-9,14-15,17H,5-6,10-11H2,1-2H3,(H,28,29,30);1H/t14-,15+,17+;/m1./s1. The number of aromatic nitrogens is 4. The number of oxazole rings is 1. The summed E-state index contributed by atoms with van der Waals surface area (Å²) in [5.41, 5.74) is 0.591. The number of alkyl halides is 3. The molecule has 1 aliphatic carbocycles. The van der Waals surface area contributed by atoms with Gasteiger partial charge in [0.2, 0.25) is 11.8 Å². The zero-order valence-corrected chi connectivity index (χ0v) is 19.9. The lowest BCUT2D eigenvalue weighted by Crippen LogP contribution is -2.48. The van der Waals surface area contributed by atoms with Gasteiger partial charge in [0.1, 0.15) is 11.5 Å². The molecular formula is C23H24ClF3N6O2. The minimum absolute atomic E-state index is 0. The van der Waals surface area contributed by atoms with Crippen LogP contribution in [0.25, 0.3) is 11.5 Å². The van der Waals surface area contributed by atoms with Gasteiger partial charge in [-0.3, -0.25) is 4.79 Å². The van der Waals surface area contributed by atoms with Gasteiger partial charge in [0.05, 0.1) is 17.3 Å². The first-order valence-electron chi connectivity index (χ1n) is 11.0. The van der Waals surface area contributed by atoms with E-state index >= 15 is 0 Å². The lowest BCUT2D eigenvalue weighted by Gasteiger charge is -2.35. The molecule has 0 unspecified atom stereocenters. The molecule has 1 N–H and O–H groups in total. The number of hydrogen-bond acceptors (Lipinski definition) is 7. The van der Waals surface area contributed by atoms with Crippen molar-refractivity contribution in [1.82, 2.24) is 24.8 Å². The van der Waals surface area contributed by atoms with Crippen molar-refractivity contribution in [2.75, 3.05) is 18.4 Å². The molecule has 1 amide bonds. The summed E-state index contributed by atoms with van der Waals surface area (Å²) in [6.45, 7) is 4.51. The molecule has 12 heteroatoms. The number of piperidine rings is 1. The minimum Gasteiger partial charge on any atom is -0.441 e. The van der Waals surface area contributed by atoms with E-state index in [1.54, 1.807) is 30.2 Å². The number of nitrogens with one attached hydrogen (secondary N) is 1. The Morgan fingerprint density at radius 2 is 1.86 bits per heavy atom. The fourth-order valence-electron chi connectivity index (χ4n) is 4.43. The van der Waals surface area contributed by atoms with Crippen molar-refractivity contribution in [2.24, 2.45) is 11.8 Å². The first kappa shape index (κ1) is 24.9. The van der Waals surface area contributed by atoms with Crippen LogP contribution < -0.4 is 5.32 Å². The fourth-order valence-corrected chi connectivity index (χ4v) is 4.43. The molecule has 186 valence electrons. The zero-order chi connectivity index (χ0) is 24.0. The fraction of sp³-hybridized carbons (Fsp3) is 0.435. The quantitative estimate of drug-likeness (QED) is 0.540. The summed E-state index contributed by atoms with van der Waals surface area (Å²) in [4.78, 5) is 31.8. The van der Waals surface area contributed by atoms with Crippen LogP contribution in [0.4, 0.5) is 19.1 Å². The van der Waals surface area contributed by atoms with Crippen LogP contribution in [0.5, 0.6) is 0 Å². The second kappa shape index (κ2) is 9.44. The van der Waals surface area contributed by atoms with Crippen LogP contribution >= 0.6 is 12.4 Å². The number of carbonyl (C=O) groups excluding carboxylic acids is 1. The van der Waals surface area contributed by atoms with Crippen LogP contribution in [0.1, 0.15) is 40.3 Å². The highest BCUT2D eigenvalue weighted by molar-refractivity contribution is 5.98. The van der Waals surface area contributed by atoms with Crippen molar-refractivity contribution in [3.8, 4) is 11.5 Å². The molecule has 8 nitrogen and oxygen atoms in total. The molecule has 1 aliphatic heterocycles. The molecule has 0 bridgehead atoms. The smallest absolute Gasteiger partial charge is 0.419 e. The largest absolute Gasteiger partial charge is 0.441 e. The molecule has 0 aromatic carbocycles. The van der Waals surface area contributed by atoms with Gasteiger partial charge in [-0.05, 0) is 50.7 Å². The lowest BCUT2D eigenvalue weighted by molar-refractivity contribution is -0.138. The van der Waals surface area contributed by atoms with Crippen LogP contribution in [0.2, 0.25) is 0 Å². The highest BCUT2D eigenvalue weighted by Gasteiger charge is 2.47. The van der Waals surface area contributed by atoms with E-state index in [1.807, 2.05) is 6.92 Å².